The van der Waals surface area contributed by atoms with Gasteiger partial charge in [0.2, 0.25) is 0 Å². The monoisotopic (exact) mass is 901 g/mol. The molecule has 0 aromatic heterocycles. The Hall–Kier alpha value is -2.86. The molecule has 2 N–H and O–H groups in total. The highest BCUT2D eigenvalue weighted by molar-refractivity contribution is 5.99. The normalized spacial score (nSPS) is 41.8. The minimum Gasteiger partial charge on any atom is -0.497 e. The summed E-state index contributed by atoms with van der Waals surface area (Å²) < 4.78 is 61.6. The van der Waals surface area contributed by atoms with Gasteiger partial charge in [0.25, 0.3) is 0 Å². The molecule has 64 heavy (non-hydrogen) atoms. The summed E-state index contributed by atoms with van der Waals surface area (Å²) in [5, 5.41) is 16.6. The maximum Gasteiger partial charge on any atom is 0.306 e. The standard InChI is InChI=1S/C49H76N2O13/c1-12-29-14-13-15-39(64-41-17-16-38(51(5)6)26(3)60-41)25(2)44(53)37-23-34-33-21-32(63-49-48(59-11)47(58-10)46(57-9)27(4)61-49)22-36(33)43(45(54)42(34)35(37)24-40(52)62-29)50-28-18-30(55-7)20-31(19-28)56-8/h18-20,23,25-27,29,32-36,38-39,41-43,45-50,54H,12-17,21-22,24H2,1-11H3/t25-,26?,27?,29+,32+,33+,34+,35-,36-,38+,39+,41+,42-,43+,45+,46+,47?,48+,49+/m1/s1. The summed E-state index contributed by atoms with van der Waals surface area (Å²) in [6, 6.07) is 5.37. The van der Waals surface area contributed by atoms with Crippen molar-refractivity contribution in [2.45, 2.75) is 165 Å². The molecule has 1 aromatic rings. The number of hydrogen-bond donors (Lipinski definition) is 2. The Bertz CT molecular complexity index is 1740. The SMILES string of the molecule is CC[C@H]1CCC[C@H](O[C@H]2CC[C@H](N(C)C)C(C)O2)[C@@H](C)C(=O)C2=C[C@H]3[C@@H]4C[C@H](O[C@@H]5OC(C)[C@H](OC)C(OC)[C@@H]5OC)C[C@H]4[C@H](Nc4cc(OC)cc(OC)c4)[C@@H](O)[C@H]3[C@@H]2CC(=O)O1. The number of aliphatic hydroxyl groups is 1. The average Bonchev–Trinajstić information content (AvgIpc) is 3.87. The van der Waals surface area contributed by atoms with Crippen molar-refractivity contribution in [2.75, 3.05) is 55.0 Å². The number of Topliss-reactive ketones (excluding diaryl/α,β-unsaturated/α-hetero) is 1. The van der Waals surface area contributed by atoms with Gasteiger partial charge in [-0.15, -0.1) is 0 Å². The molecule has 0 amide bonds. The summed E-state index contributed by atoms with van der Waals surface area (Å²) in [6.07, 6.45) is 2.91. The number of esters is 1. The van der Waals surface area contributed by atoms with E-state index in [-0.39, 0.29) is 72.5 Å². The first-order valence-electron chi connectivity index (χ1n) is 23.7. The number of carbonyl (C=O) groups is 2. The molecule has 0 bridgehead atoms. The number of benzene rings is 1. The number of aliphatic hydroxyl groups excluding tert-OH is 1. The molecule has 15 nitrogen and oxygen atoms in total. The largest absolute Gasteiger partial charge is 0.497 e. The number of nitrogens with one attached hydrogen (secondary N) is 1. The van der Waals surface area contributed by atoms with E-state index in [1.54, 1.807) is 41.6 Å². The van der Waals surface area contributed by atoms with E-state index in [1.807, 2.05) is 32.9 Å². The zero-order valence-electron chi connectivity index (χ0n) is 39.9. The molecule has 3 unspecified atom stereocenters. The minimum atomic E-state index is -0.960. The molecule has 360 valence electrons. The number of anilines is 1. The maximum atomic E-state index is 15.2. The summed E-state index contributed by atoms with van der Waals surface area (Å²) in [5.74, 6) is -1.10. The van der Waals surface area contributed by atoms with E-state index in [9.17, 15) is 9.90 Å². The fourth-order valence-corrected chi connectivity index (χ4v) is 12.3. The quantitative estimate of drug-likeness (QED) is 0.229. The molecule has 3 aliphatic heterocycles. The summed E-state index contributed by atoms with van der Waals surface area (Å²) >= 11 is 0. The molecule has 0 radical (unpaired) electrons. The number of methoxy groups -OCH3 is 5. The van der Waals surface area contributed by atoms with Gasteiger partial charge in [-0.2, -0.15) is 0 Å². The number of ketones is 1. The summed E-state index contributed by atoms with van der Waals surface area (Å²) in [6.45, 7) is 8.02. The Morgan fingerprint density at radius 2 is 1.50 bits per heavy atom. The van der Waals surface area contributed by atoms with Crippen LogP contribution in [0.5, 0.6) is 11.5 Å². The van der Waals surface area contributed by atoms with E-state index < -0.39 is 60.8 Å². The molecule has 3 aliphatic carbocycles. The van der Waals surface area contributed by atoms with Gasteiger partial charge >= 0.3 is 5.97 Å². The Balaban J connectivity index is 1.23. The molecule has 1 aromatic carbocycles. The van der Waals surface area contributed by atoms with Crippen LogP contribution in [0.25, 0.3) is 0 Å². The number of fused-ring (bicyclic) bond motifs is 5. The van der Waals surface area contributed by atoms with Crippen LogP contribution in [0.3, 0.4) is 0 Å². The Kier molecular flexibility index (Phi) is 16.4. The van der Waals surface area contributed by atoms with Gasteiger partial charge in [0.1, 0.15) is 35.9 Å². The van der Waals surface area contributed by atoms with E-state index in [4.69, 9.17) is 47.4 Å². The van der Waals surface area contributed by atoms with Crippen LogP contribution < -0.4 is 14.8 Å². The van der Waals surface area contributed by atoms with E-state index in [0.29, 0.717) is 49.2 Å². The molecular weight excluding hydrogens is 825 g/mol. The number of ether oxygens (including phenoxy) is 10. The maximum absolute atomic E-state index is 15.2. The van der Waals surface area contributed by atoms with Crippen LogP contribution in [0, 0.1) is 35.5 Å². The molecular formula is C49H76N2O13. The van der Waals surface area contributed by atoms with Crippen LogP contribution in [0.2, 0.25) is 0 Å². The van der Waals surface area contributed by atoms with Crippen molar-refractivity contribution < 1.29 is 62.1 Å². The van der Waals surface area contributed by atoms with Gasteiger partial charge < -0.3 is 62.7 Å². The van der Waals surface area contributed by atoms with Crippen molar-refractivity contribution >= 4 is 17.4 Å². The third kappa shape index (κ3) is 10.2. The van der Waals surface area contributed by atoms with Crippen LogP contribution in [-0.2, 0) is 47.5 Å². The second-order valence-corrected chi connectivity index (χ2v) is 19.4. The van der Waals surface area contributed by atoms with Crippen molar-refractivity contribution in [3.8, 4) is 11.5 Å². The third-order valence-corrected chi connectivity index (χ3v) is 15.6. The number of cyclic esters (lactones) is 1. The molecule has 2 saturated carbocycles. The Morgan fingerprint density at radius 1 is 0.812 bits per heavy atom. The summed E-state index contributed by atoms with van der Waals surface area (Å²) in [4.78, 5) is 31.4. The molecule has 3 heterocycles. The molecule has 0 spiro atoms. The highest BCUT2D eigenvalue weighted by Crippen LogP contribution is 2.57. The summed E-state index contributed by atoms with van der Waals surface area (Å²) in [7, 11) is 12.2. The Morgan fingerprint density at radius 3 is 2.12 bits per heavy atom. The highest BCUT2D eigenvalue weighted by Gasteiger charge is 2.60. The minimum absolute atomic E-state index is 0.0148. The fraction of sp³-hybridized carbons (Fsp3) is 0.796. The number of hydrogen-bond acceptors (Lipinski definition) is 15. The zero-order valence-corrected chi connectivity index (χ0v) is 39.9. The van der Waals surface area contributed by atoms with Gasteiger partial charge in [-0.05, 0) is 103 Å². The topological polar surface area (TPSA) is 162 Å². The fourth-order valence-electron chi connectivity index (χ4n) is 12.3. The molecule has 15 heteroatoms. The summed E-state index contributed by atoms with van der Waals surface area (Å²) in [5.41, 5.74) is 1.30. The number of rotatable bonds is 13. The lowest BCUT2D eigenvalue weighted by atomic mass is 9.62. The number of allylic oxidation sites excluding steroid dienone is 2. The van der Waals surface area contributed by atoms with Crippen LogP contribution in [-0.4, -0.2) is 151 Å². The number of carbonyl (C=O) groups excluding carboxylic acids is 2. The lowest BCUT2D eigenvalue weighted by Gasteiger charge is -2.47. The van der Waals surface area contributed by atoms with Gasteiger partial charge in [0.15, 0.2) is 18.4 Å². The van der Waals surface area contributed by atoms with Crippen molar-refractivity contribution in [2.24, 2.45) is 35.5 Å². The van der Waals surface area contributed by atoms with Crippen molar-refractivity contribution in [1.29, 1.82) is 0 Å². The molecule has 5 fully saturated rings. The van der Waals surface area contributed by atoms with Crippen LogP contribution in [0.1, 0.15) is 85.5 Å². The lowest BCUT2D eigenvalue weighted by Crippen LogP contribution is -2.59. The van der Waals surface area contributed by atoms with Crippen LogP contribution >= 0.6 is 0 Å². The Labute approximate surface area is 380 Å². The highest BCUT2D eigenvalue weighted by atomic mass is 16.7. The third-order valence-electron chi connectivity index (χ3n) is 15.6. The second-order valence-electron chi connectivity index (χ2n) is 19.4. The van der Waals surface area contributed by atoms with E-state index >= 15 is 4.79 Å². The smallest absolute Gasteiger partial charge is 0.306 e. The first-order chi connectivity index (χ1) is 30.7. The second kappa shape index (κ2) is 21.4. The van der Waals surface area contributed by atoms with Crippen LogP contribution in [0.4, 0.5) is 5.69 Å². The lowest BCUT2D eigenvalue weighted by molar-refractivity contribution is -0.314. The average molecular weight is 901 g/mol. The predicted molar refractivity (Wildman–Crippen MR) is 238 cm³/mol. The van der Waals surface area contributed by atoms with Gasteiger partial charge in [0.05, 0.1) is 57.2 Å². The first-order valence-corrected chi connectivity index (χ1v) is 23.7. The van der Waals surface area contributed by atoms with Gasteiger partial charge in [-0.3, -0.25) is 9.59 Å². The molecule has 3 saturated heterocycles. The van der Waals surface area contributed by atoms with Gasteiger partial charge in [0, 0.05) is 69.0 Å². The predicted octanol–water partition coefficient (Wildman–Crippen LogP) is 5.79. The van der Waals surface area contributed by atoms with E-state index in [2.05, 4.69) is 37.3 Å². The van der Waals surface area contributed by atoms with Crippen molar-refractivity contribution in [1.82, 2.24) is 4.90 Å². The van der Waals surface area contributed by atoms with E-state index in [1.165, 1.54) is 0 Å². The molecule has 6 aliphatic rings. The van der Waals surface area contributed by atoms with E-state index in [0.717, 1.165) is 24.9 Å². The van der Waals surface area contributed by atoms with Crippen molar-refractivity contribution in [3.05, 3.63) is 29.8 Å². The van der Waals surface area contributed by atoms with Gasteiger partial charge in [-0.1, -0.05) is 19.9 Å². The molecule has 19 atom stereocenters. The first kappa shape index (κ1) is 49.1. The molecule has 7 rings (SSSR count). The number of likely N-dealkylation sites (N-methyl/N-ethyl adjacent to an activating group) is 1. The zero-order chi connectivity index (χ0) is 46.0. The van der Waals surface area contributed by atoms with Gasteiger partial charge in [-0.25, -0.2) is 0 Å². The van der Waals surface area contributed by atoms with Crippen molar-refractivity contribution in [3.63, 3.8) is 0 Å². The number of nitrogens with zero attached hydrogens (tertiary/aromatic N) is 1. The van der Waals surface area contributed by atoms with Crippen LogP contribution in [0.15, 0.2) is 29.8 Å².